The zero-order chi connectivity index (χ0) is 11.8. The third-order valence-electron chi connectivity index (χ3n) is 3.21. The van der Waals surface area contributed by atoms with Crippen molar-refractivity contribution in [1.29, 1.82) is 0 Å². The van der Waals surface area contributed by atoms with Crippen molar-refractivity contribution in [2.24, 2.45) is 5.73 Å². The van der Waals surface area contributed by atoms with Gasteiger partial charge in [-0.15, -0.1) is 0 Å². The molecule has 0 unspecified atom stereocenters. The minimum Gasteiger partial charge on any atom is -0.328 e. The Balaban J connectivity index is 2.09. The van der Waals surface area contributed by atoms with Crippen LogP contribution in [0.15, 0.2) is 30.5 Å². The summed E-state index contributed by atoms with van der Waals surface area (Å²) in [5, 5.41) is 0. The third kappa shape index (κ3) is 1.98. The van der Waals surface area contributed by atoms with Gasteiger partial charge in [-0.25, -0.2) is 4.98 Å². The van der Waals surface area contributed by atoms with Crippen LogP contribution in [-0.4, -0.2) is 9.55 Å². The van der Waals surface area contributed by atoms with Crippen LogP contribution in [0.3, 0.4) is 0 Å². The second-order valence-corrected chi connectivity index (χ2v) is 4.77. The molecule has 1 aromatic heterocycles. The number of rotatable bonds is 3. The number of hydrogen-bond donors (Lipinski definition) is 1. The molecular formula is C14H17N3. The zero-order valence-electron chi connectivity index (χ0n) is 10.1. The molecule has 3 rings (SSSR count). The van der Waals surface area contributed by atoms with Crippen LogP contribution >= 0.6 is 0 Å². The number of benzene rings is 1. The predicted molar refractivity (Wildman–Crippen MR) is 68.6 cm³/mol. The first kappa shape index (κ1) is 10.5. The lowest BCUT2D eigenvalue weighted by atomic mass is 10.1. The Bertz CT molecular complexity index is 538. The van der Waals surface area contributed by atoms with E-state index in [1.54, 1.807) is 0 Å². The van der Waals surface area contributed by atoms with Gasteiger partial charge in [0.15, 0.2) is 0 Å². The largest absolute Gasteiger partial charge is 0.328 e. The van der Waals surface area contributed by atoms with E-state index in [-0.39, 0.29) is 0 Å². The molecule has 2 N–H and O–H groups in total. The Kier molecular flexibility index (Phi) is 2.48. The summed E-state index contributed by atoms with van der Waals surface area (Å²) in [5.74, 6) is 1.07. The van der Waals surface area contributed by atoms with Gasteiger partial charge in [0.2, 0.25) is 0 Å². The van der Waals surface area contributed by atoms with Gasteiger partial charge in [-0.3, -0.25) is 0 Å². The Labute approximate surface area is 101 Å². The summed E-state index contributed by atoms with van der Waals surface area (Å²) in [6.07, 6.45) is 4.63. The Morgan fingerprint density at radius 2 is 2.24 bits per heavy atom. The van der Waals surface area contributed by atoms with Crippen LogP contribution < -0.4 is 5.73 Å². The van der Waals surface area contributed by atoms with Crippen LogP contribution in [-0.2, 0) is 6.54 Å². The first-order chi connectivity index (χ1) is 8.28. The smallest absolute Gasteiger partial charge is 0.140 e. The van der Waals surface area contributed by atoms with Crippen LogP contribution in [0.4, 0.5) is 0 Å². The van der Waals surface area contributed by atoms with Crippen LogP contribution in [0.25, 0.3) is 11.4 Å². The van der Waals surface area contributed by atoms with Crippen molar-refractivity contribution in [2.45, 2.75) is 32.4 Å². The van der Waals surface area contributed by atoms with Crippen molar-refractivity contribution in [3.8, 4) is 11.4 Å². The van der Waals surface area contributed by atoms with E-state index in [2.05, 4.69) is 46.9 Å². The molecule has 0 atom stereocenters. The molecule has 1 saturated carbocycles. The van der Waals surface area contributed by atoms with Gasteiger partial charge in [0, 0.05) is 24.3 Å². The predicted octanol–water partition coefficient (Wildman–Crippen LogP) is 2.65. The quantitative estimate of drug-likeness (QED) is 0.876. The van der Waals surface area contributed by atoms with Gasteiger partial charge in [-0.05, 0) is 25.8 Å². The summed E-state index contributed by atoms with van der Waals surface area (Å²) in [6, 6.07) is 9.13. The van der Waals surface area contributed by atoms with Gasteiger partial charge in [0.05, 0.1) is 5.69 Å². The monoisotopic (exact) mass is 227 g/mol. The molecule has 0 amide bonds. The Morgan fingerprint density at radius 3 is 2.88 bits per heavy atom. The molecule has 3 heteroatoms. The Morgan fingerprint density at radius 1 is 1.41 bits per heavy atom. The van der Waals surface area contributed by atoms with Gasteiger partial charge in [0.1, 0.15) is 5.82 Å². The van der Waals surface area contributed by atoms with Crippen molar-refractivity contribution in [1.82, 2.24) is 9.55 Å². The topological polar surface area (TPSA) is 43.8 Å². The molecule has 0 bridgehead atoms. The van der Waals surface area contributed by atoms with E-state index in [9.17, 15) is 0 Å². The van der Waals surface area contributed by atoms with Crippen molar-refractivity contribution in [2.75, 3.05) is 0 Å². The average molecular weight is 227 g/mol. The van der Waals surface area contributed by atoms with Gasteiger partial charge in [-0.2, -0.15) is 0 Å². The van der Waals surface area contributed by atoms with Crippen molar-refractivity contribution in [3.63, 3.8) is 0 Å². The molecule has 0 radical (unpaired) electrons. The highest BCUT2D eigenvalue weighted by molar-refractivity contribution is 5.57. The minimum atomic E-state index is 0.512. The zero-order valence-corrected chi connectivity index (χ0v) is 10.1. The lowest BCUT2D eigenvalue weighted by Crippen LogP contribution is -1.95. The van der Waals surface area contributed by atoms with Crippen molar-refractivity contribution >= 4 is 0 Å². The van der Waals surface area contributed by atoms with E-state index < -0.39 is 0 Å². The fraction of sp³-hybridized carbons (Fsp3) is 0.357. The van der Waals surface area contributed by atoms with Crippen LogP contribution in [0.5, 0.6) is 0 Å². The molecule has 0 saturated heterocycles. The Hall–Kier alpha value is -1.61. The normalized spacial score (nSPS) is 15.2. The number of nitrogens with two attached hydrogens (primary N) is 1. The molecule has 1 aliphatic rings. The van der Waals surface area contributed by atoms with E-state index in [4.69, 9.17) is 5.73 Å². The van der Waals surface area contributed by atoms with Gasteiger partial charge in [0.25, 0.3) is 0 Å². The SMILES string of the molecule is Cc1cccc(-c2nc(CN)cn2C2CC2)c1. The summed E-state index contributed by atoms with van der Waals surface area (Å²) >= 11 is 0. The highest BCUT2D eigenvalue weighted by atomic mass is 15.1. The minimum absolute atomic E-state index is 0.512. The molecule has 17 heavy (non-hydrogen) atoms. The highest BCUT2D eigenvalue weighted by Crippen LogP contribution is 2.38. The molecule has 0 aliphatic heterocycles. The summed E-state index contributed by atoms with van der Waals surface area (Å²) < 4.78 is 2.29. The summed E-state index contributed by atoms with van der Waals surface area (Å²) in [4.78, 5) is 4.64. The summed E-state index contributed by atoms with van der Waals surface area (Å²) in [7, 11) is 0. The average Bonchev–Trinajstić information content (AvgIpc) is 3.08. The lowest BCUT2D eigenvalue weighted by molar-refractivity contribution is 0.748. The fourth-order valence-electron chi connectivity index (χ4n) is 2.17. The number of hydrogen-bond acceptors (Lipinski definition) is 2. The highest BCUT2D eigenvalue weighted by Gasteiger charge is 2.26. The molecule has 3 nitrogen and oxygen atoms in total. The van der Waals surface area contributed by atoms with Gasteiger partial charge >= 0.3 is 0 Å². The third-order valence-corrected chi connectivity index (χ3v) is 3.21. The summed E-state index contributed by atoms with van der Waals surface area (Å²) in [6.45, 7) is 2.62. The summed E-state index contributed by atoms with van der Waals surface area (Å²) in [5.41, 5.74) is 9.12. The number of imidazole rings is 1. The molecular weight excluding hydrogens is 210 g/mol. The number of aromatic nitrogens is 2. The maximum atomic E-state index is 5.68. The molecule has 1 aliphatic carbocycles. The van der Waals surface area contributed by atoms with Gasteiger partial charge < -0.3 is 10.3 Å². The standard InChI is InChI=1S/C14H17N3/c1-10-3-2-4-11(7-10)14-16-12(8-15)9-17(14)13-5-6-13/h2-4,7,9,13H,5-6,8,15H2,1H3. The maximum absolute atomic E-state index is 5.68. The van der Waals surface area contributed by atoms with Crippen LogP contribution in [0, 0.1) is 6.92 Å². The number of nitrogens with zero attached hydrogens (tertiary/aromatic N) is 2. The fourth-order valence-corrected chi connectivity index (χ4v) is 2.17. The molecule has 88 valence electrons. The van der Waals surface area contributed by atoms with E-state index in [1.807, 2.05) is 0 Å². The van der Waals surface area contributed by atoms with E-state index in [1.165, 1.54) is 24.0 Å². The maximum Gasteiger partial charge on any atom is 0.140 e. The first-order valence-corrected chi connectivity index (χ1v) is 6.13. The second-order valence-electron chi connectivity index (χ2n) is 4.77. The molecule has 0 spiro atoms. The molecule has 2 aromatic rings. The molecule has 1 heterocycles. The van der Waals surface area contributed by atoms with Crippen LogP contribution in [0.2, 0.25) is 0 Å². The van der Waals surface area contributed by atoms with Crippen molar-refractivity contribution < 1.29 is 0 Å². The first-order valence-electron chi connectivity index (χ1n) is 6.13. The molecule has 1 fully saturated rings. The molecule has 1 aromatic carbocycles. The van der Waals surface area contributed by atoms with E-state index in [0.717, 1.165) is 11.5 Å². The lowest BCUT2D eigenvalue weighted by Gasteiger charge is -2.06. The van der Waals surface area contributed by atoms with Crippen molar-refractivity contribution in [3.05, 3.63) is 41.7 Å². The van der Waals surface area contributed by atoms with E-state index >= 15 is 0 Å². The number of aryl methyl sites for hydroxylation is 1. The van der Waals surface area contributed by atoms with Crippen LogP contribution in [0.1, 0.15) is 30.1 Å². The second kappa shape index (κ2) is 4.00. The van der Waals surface area contributed by atoms with E-state index in [0.29, 0.717) is 12.6 Å². The van der Waals surface area contributed by atoms with Gasteiger partial charge in [-0.1, -0.05) is 23.8 Å².